The zero-order valence-corrected chi connectivity index (χ0v) is 19.9. The molecule has 0 aliphatic rings. The molecule has 1 atom stereocenters. The van der Waals surface area contributed by atoms with Crippen LogP contribution < -0.4 is 5.32 Å². The lowest BCUT2D eigenvalue weighted by Crippen LogP contribution is -2.49. The zero-order chi connectivity index (χ0) is 22.3. The second-order valence-electron chi connectivity index (χ2n) is 6.91. The summed E-state index contributed by atoms with van der Waals surface area (Å²) < 4.78 is 0. The van der Waals surface area contributed by atoms with E-state index >= 15 is 0 Å². The lowest BCUT2D eigenvalue weighted by Gasteiger charge is -2.31. The fourth-order valence-electron chi connectivity index (χ4n) is 3.05. The van der Waals surface area contributed by atoms with Crippen LogP contribution in [0, 0.1) is 0 Å². The molecule has 1 N–H and O–H groups in total. The molecule has 162 valence electrons. The van der Waals surface area contributed by atoms with Gasteiger partial charge < -0.3 is 10.2 Å². The molecule has 0 saturated carbocycles. The Kier molecular flexibility index (Phi) is 9.76. The molecule has 0 fully saturated rings. The molecule has 0 aliphatic carbocycles. The predicted octanol–water partition coefficient (Wildman–Crippen LogP) is 6.18. The maximum atomic E-state index is 13.3. The van der Waals surface area contributed by atoms with Crippen LogP contribution in [0.25, 0.3) is 0 Å². The van der Waals surface area contributed by atoms with Gasteiger partial charge in [0.1, 0.15) is 6.04 Å². The number of nitrogens with zero attached hydrogens (tertiary/aromatic N) is 1. The van der Waals surface area contributed by atoms with Crippen LogP contribution in [-0.4, -0.2) is 29.3 Å². The van der Waals surface area contributed by atoms with Crippen molar-refractivity contribution in [3.63, 3.8) is 0 Å². The highest BCUT2D eigenvalue weighted by Crippen LogP contribution is 2.26. The number of carbonyl (C=O) groups is 2. The van der Waals surface area contributed by atoms with Crippen molar-refractivity contribution in [2.24, 2.45) is 0 Å². The highest BCUT2D eigenvalue weighted by molar-refractivity contribution is 6.42. The van der Waals surface area contributed by atoms with Gasteiger partial charge in [0.15, 0.2) is 0 Å². The molecule has 0 spiro atoms. The van der Waals surface area contributed by atoms with Crippen LogP contribution in [-0.2, 0) is 22.6 Å². The third-order valence-electron chi connectivity index (χ3n) is 4.61. The van der Waals surface area contributed by atoms with Gasteiger partial charge in [0.25, 0.3) is 0 Å². The number of benzene rings is 2. The Balaban J connectivity index is 2.31. The number of hydrogen-bond acceptors (Lipinski definition) is 2. The molecule has 2 aromatic carbocycles. The summed E-state index contributed by atoms with van der Waals surface area (Å²) >= 11 is 24.2. The topological polar surface area (TPSA) is 49.4 Å². The Bertz CT molecular complexity index is 905. The summed E-state index contributed by atoms with van der Waals surface area (Å²) in [6, 6.07) is 9.64. The van der Waals surface area contributed by atoms with Crippen molar-refractivity contribution < 1.29 is 9.59 Å². The number of hydrogen-bond donors (Lipinski definition) is 1. The summed E-state index contributed by atoms with van der Waals surface area (Å²) in [7, 11) is 0. The first-order valence-electron chi connectivity index (χ1n) is 9.71. The first-order valence-corrected chi connectivity index (χ1v) is 11.2. The molecule has 0 saturated heterocycles. The maximum absolute atomic E-state index is 13.3. The van der Waals surface area contributed by atoms with E-state index in [1.165, 1.54) is 0 Å². The van der Waals surface area contributed by atoms with Crippen molar-refractivity contribution >= 4 is 58.2 Å². The van der Waals surface area contributed by atoms with E-state index in [9.17, 15) is 9.59 Å². The minimum Gasteiger partial charge on any atom is -0.354 e. The van der Waals surface area contributed by atoms with E-state index in [0.29, 0.717) is 33.1 Å². The van der Waals surface area contributed by atoms with E-state index in [4.69, 9.17) is 46.4 Å². The summed E-state index contributed by atoms with van der Waals surface area (Å²) in [5.74, 6) is -0.375. The Hall–Kier alpha value is -1.46. The van der Waals surface area contributed by atoms with Crippen molar-refractivity contribution in [1.29, 1.82) is 0 Å². The Labute approximate surface area is 197 Å². The van der Waals surface area contributed by atoms with Crippen molar-refractivity contribution in [2.45, 2.75) is 45.7 Å². The standard InChI is InChI=1S/C22H24Cl4N2O2/c1-3-9-27-22(30)20(4-2)28(13-15-6-8-17(24)19(26)11-15)21(29)12-14-5-7-16(23)18(25)10-14/h5-8,10-11,20H,3-4,9,12-13H2,1-2H3,(H,27,30). The minimum atomic E-state index is -0.610. The predicted molar refractivity (Wildman–Crippen MR) is 125 cm³/mol. The number of nitrogens with one attached hydrogen (secondary N) is 1. The molecule has 4 nitrogen and oxygen atoms in total. The molecule has 2 aromatic rings. The van der Waals surface area contributed by atoms with Gasteiger partial charge in [0.2, 0.25) is 11.8 Å². The molecule has 0 aromatic heterocycles. The second-order valence-corrected chi connectivity index (χ2v) is 8.54. The van der Waals surface area contributed by atoms with Crippen LogP contribution in [0.2, 0.25) is 20.1 Å². The first kappa shape index (κ1) is 24.8. The fraction of sp³-hybridized carbons (Fsp3) is 0.364. The van der Waals surface area contributed by atoms with Gasteiger partial charge in [-0.15, -0.1) is 0 Å². The van der Waals surface area contributed by atoms with Crippen LogP contribution in [0.3, 0.4) is 0 Å². The highest BCUT2D eigenvalue weighted by atomic mass is 35.5. The SMILES string of the molecule is CCCNC(=O)C(CC)N(Cc1ccc(Cl)c(Cl)c1)C(=O)Cc1ccc(Cl)c(Cl)c1. The van der Waals surface area contributed by atoms with Crippen molar-refractivity contribution in [3.05, 3.63) is 67.6 Å². The molecule has 2 rings (SSSR count). The van der Waals surface area contributed by atoms with Crippen molar-refractivity contribution in [2.75, 3.05) is 6.54 Å². The van der Waals surface area contributed by atoms with Gasteiger partial charge >= 0.3 is 0 Å². The molecule has 30 heavy (non-hydrogen) atoms. The molecular weight excluding hydrogens is 466 g/mol. The largest absolute Gasteiger partial charge is 0.354 e. The molecule has 0 aliphatic heterocycles. The molecular formula is C22H24Cl4N2O2. The van der Waals surface area contributed by atoms with E-state index in [1.807, 2.05) is 13.8 Å². The molecule has 8 heteroatoms. The Morgan fingerprint density at radius 3 is 2.00 bits per heavy atom. The monoisotopic (exact) mass is 488 g/mol. The molecule has 0 heterocycles. The molecule has 2 amide bonds. The van der Waals surface area contributed by atoms with E-state index in [1.54, 1.807) is 41.3 Å². The van der Waals surface area contributed by atoms with Crippen molar-refractivity contribution in [1.82, 2.24) is 10.2 Å². The van der Waals surface area contributed by atoms with E-state index < -0.39 is 6.04 Å². The number of rotatable bonds is 9. The summed E-state index contributed by atoms with van der Waals surface area (Å²) in [6.45, 7) is 4.64. The van der Waals surface area contributed by atoms with Gasteiger partial charge in [0.05, 0.1) is 26.5 Å². The average Bonchev–Trinajstić information content (AvgIpc) is 2.71. The zero-order valence-electron chi connectivity index (χ0n) is 16.9. The van der Waals surface area contributed by atoms with Gasteiger partial charge in [-0.3, -0.25) is 9.59 Å². The lowest BCUT2D eigenvalue weighted by atomic mass is 10.1. The highest BCUT2D eigenvalue weighted by Gasteiger charge is 2.28. The molecule has 1 unspecified atom stereocenters. The Morgan fingerprint density at radius 2 is 1.47 bits per heavy atom. The van der Waals surface area contributed by atoms with Gasteiger partial charge in [-0.25, -0.2) is 0 Å². The first-order chi connectivity index (χ1) is 14.3. The number of halogens is 4. The molecule has 0 radical (unpaired) electrons. The summed E-state index contributed by atoms with van der Waals surface area (Å²) in [6.07, 6.45) is 1.38. The summed E-state index contributed by atoms with van der Waals surface area (Å²) in [5.41, 5.74) is 1.51. The van der Waals surface area contributed by atoms with Crippen LogP contribution in [0.15, 0.2) is 36.4 Å². The summed E-state index contributed by atoms with van der Waals surface area (Å²) in [4.78, 5) is 27.6. The van der Waals surface area contributed by atoms with E-state index in [0.717, 1.165) is 17.5 Å². The van der Waals surface area contributed by atoms with Crippen LogP contribution >= 0.6 is 46.4 Å². The second kappa shape index (κ2) is 11.8. The van der Waals surface area contributed by atoms with E-state index in [-0.39, 0.29) is 24.8 Å². The van der Waals surface area contributed by atoms with Gasteiger partial charge in [0, 0.05) is 13.1 Å². The number of carbonyl (C=O) groups excluding carboxylic acids is 2. The van der Waals surface area contributed by atoms with Gasteiger partial charge in [-0.05, 0) is 48.2 Å². The van der Waals surface area contributed by atoms with Gasteiger partial charge in [-0.2, -0.15) is 0 Å². The third kappa shape index (κ3) is 6.78. The lowest BCUT2D eigenvalue weighted by molar-refractivity contribution is -0.140. The summed E-state index contributed by atoms with van der Waals surface area (Å²) in [5, 5.41) is 4.52. The quantitative estimate of drug-likeness (QED) is 0.457. The molecule has 0 bridgehead atoms. The minimum absolute atomic E-state index is 0.0930. The van der Waals surface area contributed by atoms with Crippen LogP contribution in [0.5, 0.6) is 0 Å². The van der Waals surface area contributed by atoms with Crippen LogP contribution in [0.1, 0.15) is 37.8 Å². The fourth-order valence-corrected chi connectivity index (χ4v) is 3.69. The number of amides is 2. The smallest absolute Gasteiger partial charge is 0.242 e. The van der Waals surface area contributed by atoms with Crippen molar-refractivity contribution in [3.8, 4) is 0 Å². The van der Waals surface area contributed by atoms with E-state index in [2.05, 4.69) is 5.32 Å². The van der Waals surface area contributed by atoms with Gasteiger partial charge in [-0.1, -0.05) is 72.4 Å². The Morgan fingerprint density at radius 1 is 0.900 bits per heavy atom. The van der Waals surface area contributed by atoms with Crippen LogP contribution in [0.4, 0.5) is 0 Å². The average molecular weight is 490 g/mol. The third-order valence-corrected chi connectivity index (χ3v) is 6.09. The maximum Gasteiger partial charge on any atom is 0.242 e. The normalized spacial score (nSPS) is 11.8.